The van der Waals surface area contributed by atoms with E-state index in [-0.39, 0.29) is 10.9 Å². The van der Waals surface area contributed by atoms with Gasteiger partial charge in [0.25, 0.3) is 0 Å². The molecule has 0 unspecified atom stereocenters. The molecule has 0 bridgehead atoms. The van der Waals surface area contributed by atoms with Crippen LogP contribution in [0.25, 0.3) is 0 Å². The van der Waals surface area contributed by atoms with Gasteiger partial charge < -0.3 is 0 Å². The smallest absolute Gasteiger partial charge is 0.200 e. The molecule has 400 valence electrons. The molecule has 24 heteroatoms. The number of benzene rings is 4. The van der Waals surface area contributed by atoms with Gasteiger partial charge in [-0.05, 0) is 23.7 Å². The van der Waals surface area contributed by atoms with Crippen LogP contribution in [0.4, 0.5) is 87.8 Å². The summed E-state index contributed by atoms with van der Waals surface area (Å²) in [6.45, 7) is 2.28. The fourth-order valence-electron chi connectivity index (χ4n) is 8.56. The van der Waals surface area contributed by atoms with E-state index in [0.717, 1.165) is 24.2 Å². The Morgan fingerprint density at radius 1 is 0.329 bits per heavy atom. The zero-order valence-electron chi connectivity index (χ0n) is 39.2. The molecule has 0 saturated carbocycles. The lowest BCUT2D eigenvalue weighted by atomic mass is 9.12. The van der Waals surface area contributed by atoms with Crippen LogP contribution in [-0.4, -0.2) is 24.4 Å². The minimum Gasteiger partial charge on any atom is -0.207 e. The number of halogens is 20. The quantitative estimate of drug-likeness (QED) is 0.0141. The van der Waals surface area contributed by atoms with Crippen molar-refractivity contribution in [1.82, 2.24) is 0 Å². The molecule has 0 aliphatic heterocycles. The van der Waals surface area contributed by atoms with Crippen LogP contribution in [0.5, 0.6) is 0 Å². The van der Waals surface area contributed by atoms with E-state index in [0.29, 0.717) is 5.57 Å². The van der Waals surface area contributed by atoms with E-state index in [9.17, 15) is 52.7 Å². The van der Waals surface area contributed by atoms with E-state index in [2.05, 4.69) is 31.6 Å². The largest absolute Gasteiger partial charge is 0.207 e. The summed E-state index contributed by atoms with van der Waals surface area (Å²) in [6, 6.07) is 4.17. The van der Waals surface area contributed by atoms with Gasteiger partial charge in [0.15, 0.2) is 69.8 Å². The summed E-state index contributed by atoms with van der Waals surface area (Å²) in [6.07, 6.45) is 20.0. The van der Waals surface area contributed by atoms with Crippen molar-refractivity contribution in [3.63, 3.8) is 0 Å². The van der Waals surface area contributed by atoms with Crippen LogP contribution in [0.2, 0.25) is 0 Å². The van der Waals surface area contributed by atoms with Crippen molar-refractivity contribution in [2.24, 2.45) is 0 Å². The second kappa shape index (κ2) is 27.8. The topological polar surface area (TPSA) is 47.6 Å². The van der Waals surface area contributed by atoms with Crippen molar-refractivity contribution in [1.29, 1.82) is 10.5 Å². The zero-order chi connectivity index (χ0) is 55.2. The molecule has 73 heavy (non-hydrogen) atoms. The third-order valence-corrected chi connectivity index (χ3v) is 13.0. The lowest BCUT2D eigenvalue weighted by molar-refractivity contribution is 0.378. The van der Waals surface area contributed by atoms with Crippen LogP contribution in [-0.2, 0) is 10.9 Å². The molecule has 4 aromatic carbocycles. The first-order valence-corrected chi connectivity index (χ1v) is 24.9. The molecule has 0 aliphatic carbocycles. The standard InChI is InChI=1S/C25H45N2S.C24BF20/c1-4-5-6-7-8-9-10-11-12-13-14-15-16-17-18-19-20-24(23-28(2)3)25(21-26)22-27;26-5-1(6(27)14(35)21(42)13(5)34)25(2-7(28)15(36)22(43)16(37)8(2)29,3-9(30)17(38)23(44)18(39)10(3)31)4-11(32)19(40)24(45)20(41)12(4)33/h4-20,23H2,1-3H3;/q+1;-1. The van der Waals surface area contributed by atoms with Gasteiger partial charge in [-0.25, -0.2) is 87.8 Å². The highest BCUT2D eigenvalue weighted by Crippen LogP contribution is 2.31. The molecule has 0 atom stereocenters. The third-order valence-electron chi connectivity index (χ3n) is 12.1. The first-order valence-electron chi connectivity index (χ1n) is 22.7. The van der Waals surface area contributed by atoms with E-state index in [1.165, 1.54) is 96.3 Å². The Hall–Kier alpha value is -5.39. The summed E-state index contributed by atoms with van der Waals surface area (Å²) in [7, 11) is 0.252. The van der Waals surface area contributed by atoms with Crippen molar-refractivity contribution >= 4 is 38.9 Å². The first kappa shape index (κ1) is 61.9. The van der Waals surface area contributed by atoms with Crippen LogP contribution in [0.1, 0.15) is 116 Å². The number of allylic oxidation sites excluding steroid dienone is 1. The van der Waals surface area contributed by atoms with E-state index >= 15 is 35.1 Å². The van der Waals surface area contributed by atoms with Crippen molar-refractivity contribution in [3.05, 3.63) is 127 Å². The maximum Gasteiger partial charge on any atom is 0.200 e. The number of nitriles is 2. The molecule has 0 saturated heterocycles. The van der Waals surface area contributed by atoms with Gasteiger partial charge in [0.1, 0.15) is 76.1 Å². The summed E-state index contributed by atoms with van der Waals surface area (Å²) in [5.74, 6) is -70.5. The van der Waals surface area contributed by atoms with E-state index in [1.54, 1.807) is 0 Å². The summed E-state index contributed by atoms with van der Waals surface area (Å²) in [5.41, 5.74) is -12.9. The van der Waals surface area contributed by atoms with Crippen LogP contribution in [0.15, 0.2) is 11.1 Å². The van der Waals surface area contributed by atoms with Gasteiger partial charge in [-0.2, -0.15) is 10.5 Å². The van der Waals surface area contributed by atoms with Gasteiger partial charge in [0, 0.05) is 5.57 Å². The summed E-state index contributed by atoms with van der Waals surface area (Å²) in [5, 5.41) is 18.2. The van der Waals surface area contributed by atoms with Crippen LogP contribution < -0.4 is 21.9 Å². The highest BCUT2D eigenvalue weighted by Gasteiger charge is 2.52. The SMILES string of the molecule is CCCCCCCCCCCCCCCCCCC(C[S+](C)C)=C(C#N)C#N.Fc1c(F)c(F)c([B-](c2c(F)c(F)c(F)c(F)c2F)(c2c(F)c(F)c(F)c(F)c2F)c2c(F)c(F)c(F)c(F)c2F)c(F)c1F. The first-order chi connectivity index (χ1) is 34.4. The fourth-order valence-corrected chi connectivity index (χ4v) is 9.55. The maximum atomic E-state index is 15.4. The molecule has 4 rings (SSSR count). The van der Waals surface area contributed by atoms with Crippen molar-refractivity contribution in [2.75, 3.05) is 18.3 Å². The predicted molar refractivity (Wildman–Crippen MR) is 236 cm³/mol. The predicted octanol–water partition coefficient (Wildman–Crippen LogP) is 13.7. The summed E-state index contributed by atoms with van der Waals surface area (Å²) in [4.78, 5) is 0. The number of unbranched alkanes of at least 4 members (excludes halogenated alkanes) is 15. The molecular weight excluding hydrogens is 1040 g/mol. The Bertz CT molecular complexity index is 2330. The van der Waals surface area contributed by atoms with Gasteiger partial charge in [0.05, 0.1) is 12.5 Å². The Kier molecular flexibility index (Phi) is 23.6. The van der Waals surface area contributed by atoms with Gasteiger partial charge in [-0.3, -0.25) is 0 Å². The van der Waals surface area contributed by atoms with Gasteiger partial charge in [-0.15, -0.1) is 21.9 Å². The number of nitrogens with zero attached hydrogens (tertiary/aromatic N) is 2. The number of hydrogen-bond acceptors (Lipinski definition) is 2. The Labute approximate surface area is 410 Å². The molecule has 2 nitrogen and oxygen atoms in total. The third kappa shape index (κ3) is 13.3. The molecule has 0 N–H and O–H groups in total. The maximum absolute atomic E-state index is 15.4. The average Bonchev–Trinajstić information content (AvgIpc) is 3.36. The normalized spacial score (nSPS) is 11.5. The fraction of sp³-hybridized carbons (Fsp3) is 0.429. The molecular formula is C49H45BF20N2S. The van der Waals surface area contributed by atoms with Crippen LogP contribution in [0, 0.1) is 139 Å². The summed E-state index contributed by atoms with van der Waals surface area (Å²) < 4.78 is 294. The molecule has 0 aromatic heterocycles. The molecule has 0 fully saturated rings. The monoisotopic (exact) mass is 1080 g/mol. The van der Waals surface area contributed by atoms with Crippen molar-refractivity contribution in [3.8, 4) is 12.1 Å². The van der Waals surface area contributed by atoms with Gasteiger partial charge in [-0.1, -0.05) is 103 Å². The van der Waals surface area contributed by atoms with E-state index in [4.69, 9.17) is 10.5 Å². The number of hydrogen-bond donors (Lipinski definition) is 0. The lowest BCUT2D eigenvalue weighted by Crippen LogP contribution is -2.81. The van der Waals surface area contributed by atoms with E-state index in [1.807, 2.05) is 0 Å². The zero-order valence-corrected chi connectivity index (χ0v) is 40.0. The summed E-state index contributed by atoms with van der Waals surface area (Å²) >= 11 is 0. The van der Waals surface area contributed by atoms with Crippen LogP contribution >= 0.6 is 0 Å². The number of rotatable bonds is 23. The van der Waals surface area contributed by atoms with E-state index < -0.39 is 144 Å². The molecule has 0 aliphatic rings. The molecule has 4 aromatic rings. The van der Waals surface area contributed by atoms with Crippen molar-refractivity contribution in [2.45, 2.75) is 116 Å². The molecule has 0 heterocycles. The second-order valence-corrected chi connectivity index (χ2v) is 19.4. The Balaban J connectivity index is 0.000000434. The minimum absolute atomic E-state index is 0.252. The lowest BCUT2D eigenvalue weighted by Gasteiger charge is -2.44. The Morgan fingerprint density at radius 2 is 0.521 bits per heavy atom. The highest BCUT2D eigenvalue weighted by atomic mass is 32.2. The second-order valence-electron chi connectivity index (χ2n) is 17.2. The van der Waals surface area contributed by atoms with Gasteiger partial charge in [0.2, 0.25) is 0 Å². The van der Waals surface area contributed by atoms with Crippen molar-refractivity contribution < 1.29 is 87.8 Å². The molecule has 0 spiro atoms. The molecule has 0 radical (unpaired) electrons. The molecule has 0 amide bonds. The Morgan fingerprint density at radius 3 is 0.712 bits per heavy atom. The minimum atomic E-state index is -7.22. The van der Waals surface area contributed by atoms with Crippen LogP contribution in [0.3, 0.4) is 0 Å². The average molecular weight is 1080 g/mol. The van der Waals surface area contributed by atoms with Gasteiger partial charge >= 0.3 is 0 Å². The highest BCUT2D eigenvalue weighted by molar-refractivity contribution is 7.95.